The first-order chi connectivity index (χ1) is 36.9. The lowest BCUT2D eigenvalue weighted by Crippen LogP contribution is -2.68. The molecule has 5 saturated carbocycles. The summed E-state index contributed by atoms with van der Waals surface area (Å²) < 4.78 is 57.1. The molecule has 18 heteroatoms. The number of ether oxygens (including phenoxy) is 2. The van der Waals surface area contributed by atoms with Gasteiger partial charge in [-0.25, -0.2) is 22.5 Å². The highest BCUT2D eigenvalue weighted by Gasteiger charge is 2.59. The lowest BCUT2D eigenvalue weighted by Gasteiger charge is -2.63. The third-order valence-corrected chi connectivity index (χ3v) is 20.7. The van der Waals surface area contributed by atoms with Crippen LogP contribution in [0.2, 0.25) is 0 Å². The number of hydrogen-bond acceptors (Lipinski definition) is 13. The Morgan fingerprint density at radius 2 is 1.79 bits per heavy atom. The Hall–Kier alpha value is -5.66. The molecular formula is C59H73FN8O8S. The Kier molecular flexibility index (Phi) is 13.5. The number of amides is 1. The van der Waals surface area contributed by atoms with E-state index in [0.717, 1.165) is 76.1 Å². The van der Waals surface area contributed by atoms with E-state index in [-0.39, 0.29) is 39.5 Å². The van der Waals surface area contributed by atoms with Gasteiger partial charge in [0.1, 0.15) is 28.7 Å². The summed E-state index contributed by atoms with van der Waals surface area (Å²) in [5.74, 6) is 1.48. The summed E-state index contributed by atoms with van der Waals surface area (Å²) in [7, 11) is -2.71. The van der Waals surface area contributed by atoms with Crippen molar-refractivity contribution in [1.29, 1.82) is 0 Å². The Morgan fingerprint density at radius 3 is 2.56 bits per heavy atom. The highest BCUT2D eigenvalue weighted by Crippen LogP contribution is 2.62. The van der Waals surface area contributed by atoms with Crippen LogP contribution in [0.1, 0.15) is 125 Å². The van der Waals surface area contributed by atoms with Crippen molar-refractivity contribution in [2.75, 3.05) is 63.1 Å². The second kappa shape index (κ2) is 19.9. The number of aromatic amines is 1. The van der Waals surface area contributed by atoms with Gasteiger partial charge in [-0.3, -0.25) is 24.7 Å². The quantitative estimate of drug-likeness (QED) is 0.0539. The van der Waals surface area contributed by atoms with Gasteiger partial charge in [-0.2, -0.15) is 0 Å². The van der Waals surface area contributed by atoms with Crippen LogP contribution in [0.25, 0.3) is 11.0 Å². The fourth-order valence-electron chi connectivity index (χ4n) is 15.5. The second-order valence-electron chi connectivity index (χ2n) is 24.9. The smallest absolute Gasteiger partial charge is 0.293 e. The van der Waals surface area contributed by atoms with Crippen molar-refractivity contribution in [1.82, 2.24) is 24.5 Å². The van der Waals surface area contributed by atoms with Crippen LogP contribution in [0.3, 0.4) is 0 Å². The van der Waals surface area contributed by atoms with Gasteiger partial charge in [-0.15, -0.1) is 0 Å². The zero-order chi connectivity index (χ0) is 53.6. The summed E-state index contributed by atoms with van der Waals surface area (Å²) in [6, 6.07) is 19.8. The number of piperazine rings is 1. The number of nitro benzene ring substituents is 1. The minimum Gasteiger partial charge on any atom is -0.455 e. The Balaban J connectivity index is 0.745. The molecular weight excluding hydrogens is 1000 g/mol. The number of hydrogen-bond donors (Lipinski definition) is 4. The number of nitrogens with one attached hydrogen (secondary N) is 3. The van der Waals surface area contributed by atoms with Gasteiger partial charge in [0.25, 0.3) is 21.6 Å². The van der Waals surface area contributed by atoms with E-state index in [1.165, 1.54) is 86.4 Å². The third-order valence-electron chi connectivity index (χ3n) is 19.4. The fourth-order valence-corrected chi connectivity index (χ4v) is 16.5. The molecule has 77 heavy (non-hydrogen) atoms. The Morgan fingerprint density at radius 1 is 1.00 bits per heavy atom. The van der Waals surface area contributed by atoms with Crippen LogP contribution in [-0.4, -0.2) is 115 Å². The molecule has 2 aromatic heterocycles. The summed E-state index contributed by atoms with van der Waals surface area (Å²) >= 11 is 0. The van der Waals surface area contributed by atoms with E-state index in [1.807, 2.05) is 7.11 Å². The van der Waals surface area contributed by atoms with Crippen LogP contribution in [-0.2, 0) is 14.8 Å². The maximum absolute atomic E-state index is 14.8. The molecule has 1 amide bonds. The molecule has 4 N–H and O–H groups in total. The highest BCUT2D eigenvalue weighted by molar-refractivity contribution is 7.90. The SMILES string of the molecule is COC1C2CC3CCC(CN4CCN(C5CC6(C5)CN(c5ccc(C(=O)NS(=O)(=O)c7ccc(NC[C@H]8CC[C@](C)(O)CC8)c([N+](=O)[O-])c7)c(Oc7cnc8[nH]cc(F)c8c7)c5)C6)[C@H](c5ccccc5C(C)C)C4)(C2)CC31. The van der Waals surface area contributed by atoms with E-state index in [4.69, 9.17) is 9.47 Å². The number of halogens is 1. The molecule has 2 aliphatic heterocycles. The van der Waals surface area contributed by atoms with Crippen LogP contribution in [0.5, 0.6) is 11.5 Å². The Bertz CT molecular complexity index is 3180. The number of carbonyl (C=O) groups excluding carboxylic acids is 1. The largest absolute Gasteiger partial charge is 0.455 e. The topological polar surface area (TPSA) is 195 Å². The highest BCUT2D eigenvalue weighted by atomic mass is 32.2. The first-order valence-electron chi connectivity index (χ1n) is 28.0. The molecule has 5 unspecified atom stereocenters. The van der Waals surface area contributed by atoms with Crippen molar-refractivity contribution >= 4 is 44.0 Å². The van der Waals surface area contributed by atoms with Crippen LogP contribution in [0.4, 0.5) is 21.5 Å². The van der Waals surface area contributed by atoms with E-state index in [0.29, 0.717) is 66.4 Å². The van der Waals surface area contributed by atoms with E-state index in [2.05, 4.69) is 72.8 Å². The van der Waals surface area contributed by atoms with E-state index in [1.54, 1.807) is 19.1 Å². The number of anilines is 2. The molecule has 7 fully saturated rings. The van der Waals surface area contributed by atoms with E-state index < -0.39 is 42.9 Å². The molecule has 410 valence electrons. The van der Waals surface area contributed by atoms with Crippen LogP contribution in [0, 0.1) is 50.4 Å². The van der Waals surface area contributed by atoms with Crippen molar-refractivity contribution < 1.29 is 37.1 Å². The predicted octanol–water partition coefficient (Wildman–Crippen LogP) is 10.2. The number of nitrogens with zero attached hydrogens (tertiary/aromatic N) is 5. The minimum absolute atomic E-state index is 0.0333. The zero-order valence-corrected chi connectivity index (χ0v) is 45.5. The molecule has 3 aromatic carbocycles. The number of carbonyl (C=O) groups is 1. The molecule has 12 rings (SSSR count). The van der Waals surface area contributed by atoms with Crippen LogP contribution >= 0.6 is 0 Å². The maximum atomic E-state index is 14.8. The summed E-state index contributed by atoms with van der Waals surface area (Å²) in [6.45, 7) is 12.8. The molecule has 5 aliphatic carbocycles. The van der Waals surface area contributed by atoms with Gasteiger partial charge in [0.05, 0.1) is 38.7 Å². The number of pyridine rings is 1. The van der Waals surface area contributed by atoms with Gasteiger partial charge < -0.3 is 29.8 Å². The molecule has 4 heterocycles. The lowest BCUT2D eigenvalue weighted by atomic mass is 9.59. The molecule has 1 spiro atoms. The van der Waals surface area contributed by atoms with Crippen molar-refractivity contribution in [2.24, 2.45) is 34.5 Å². The molecule has 16 nitrogen and oxygen atoms in total. The zero-order valence-electron chi connectivity index (χ0n) is 44.7. The second-order valence-corrected chi connectivity index (χ2v) is 26.6. The summed E-state index contributed by atoms with van der Waals surface area (Å²) in [5, 5.41) is 25.9. The number of aromatic nitrogens is 2. The maximum Gasteiger partial charge on any atom is 0.293 e. The summed E-state index contributed by atoms with van der Waals surface area (Å²) in [6.07, 6.45) is 14.6. The van der Waals surface area contributed by atoms with E-state index in [9.17, 15) is 32.8 Å². The van der Waals surface area contributed by atoms with Crippen molar-refractivity contribution in [3.8, 4) is 11.5 Å². The molecule has 0 radical (unpaired) electrons. The number of fused-ring (bicyclic) bond motifs is 3. The predicted molar refractivity (Wildman–Crippen MR) is 292 cm³/mol. The number of H-pyrrole nitrogens is 1. The number of benzene rings is 3. The number of nitro groups is 1. The number of methoxy groups -OCH3 is 1. The van der Waals surface area contributed by atoms with Gasteiger partial charge in [-0.05, 0) is 154 Å². The van der Waals surface area contributed by atoms with Crippen molar-refractivity contribution in [2.45, 2.75) is 126 Å². The van der Waals surface area contributed by atoms with E-state index >= 15 is 0 Å². The summed E-state index contributed by atoms with van der Waals surface area (Å²) in [4.78, 5) is 40.2. The first-order valence-corrected chi connectivity index (χ1v) is 29.5. The average molecular weight is 1070 g/mol. The lowest BCUT2D eigenvalue weighted by molar-refractivity contribution is -0.384. The van der Waals surface area contributed by atoms with Crippen LogP contribution < -0.4 is 19.7 Å². The standard InChI is InChI=1S/C59H73FN8O8S/c1-36(2)44-7-5-6-8-45(44)52-32-65(33-58-18-15-38-21-39(25-58)54(75-4)48(38)28-58)19-20-67(52)41-26-59(27-41)34-66(35-59)40-9-11-46(53(22-40)76-42-23-47-49(60)31-63-55(47)62-30-42)56(69)64-77(73,74)43-10-12-50(51(24-43)68(71)72)61-29-37-13-16-57(3,70)17-14-37/h5-12,22-24,30-31,36-39,41,48,52,54,61,70H,13-21,25-29,32-35H2,1-4H3,(H,62,63)(H,64,69)/t37-,38?,39?,48?,52-,54?,57-,58?/m0/s1. The fraction of sp³-hybridized carbons (Fsp3) is 0.559. The number of sulfonamides is 1. The molecule has 6 atom stereocenters. The number of rotatable bonds is 16. The van der Waals surface area contributed by atoms with Crippen molar-refractivity contribution in [3.05, 3.63) is 112 Å². The van der Waals surface area contributed by atoms with Gasteiger partial charge >= 0.3 is 0 Å². The number of aliphatic hydroxyl groups is 1. The minimum atomic E-state index is -4.64. The third kappa shape index (κ3) is 9.99. The average Bonchev–Trinajstić information content (AvgIpc) is 3.98. The summed E-state index contributed by atoms with van der Waals surface area (Å²) in [5.41, 5.74) is 3.36. The normalized spacial score (nSPS) is 29.2. The Labute approximate surface area is 450 Å². The molecule has 5 aromatic rings. The monoisotopic (exact) mass is 1070 g/mol. The van der Waals surface area contributed by atoms with Gasteiger partial charge in [0.15, 0.2) is 0 Å². The van der Waals surface area contributed by atoms with Gasteiger partial charge in [0, 0.05) is 94.4 Å². The van der Waals surface area contributed by atoms with Gasteiger partial charge in [-0.1, -0.05) is 38.1 Å². The molecule has 7 aliphatic rings. The molecule has 2 saturated heterocycles. The molecule has 3 bridgehead atoms. The first kappa shape index (κ1) is 52.1. The van der Waals surface area contributed by atoms with Crippen molar-refractivity contribution in [3.63, 3.8) is 0 Å². The van der Waals surface area contributed by atoms with Gasteiger partial charge in [0.2, 0.25) is 0 Å². The van der Waals surface area contributed by atoms with Crippen LogP contribution in [0.15, 0.2) is 84.0 Å².